The highest BCUT2D eigenvalue weighted by Crippen LogP contribution is 2.45. The Hall–Kier alpha value is -0.0800. The van der Waals surface area contributed by atoms with Gasteiger partial charge in [0.05, 0.1) is 5.60 Å². The SMILES string of the molecule is CCC1CCCCC1C1(O)CCC(NC)CC1. The van der Waals surface area contributed by atoms with E-state index in [4.69, 9.17) is 0 Å². The van der Waals surface area contributed by atoms with E-state index < -0.39 is 0 Å². The van der Waals surface area contributed by atoms with Gasteiger partial charge in [-0.15, -0.1) is 0 Å². The molecule has 2 heteroatoms. The summed E-state index contributed by atoms with van der Waals surface area (Å²) >= 11 is 0. The molecule has 0 radical (unpaired) electrons. The molecule has 0 amide bonds. The van der Waals surface area contributed by atoms with Gasteiger partial charge in [0.25, 0.3) is 0 Å². The average molecular weight is 239 g/mol. The minimum atomic E-state index is -0.339. The molecule has 17 heavy (non-hydrogen) atoms. The van der Waals surface area contributed by atoms with Gasteiger partial charge in [0.2, 0.25) is 0 Å². The van der Waals surface area contributed by atoms with E-state index in [-0.39, 0.29) is 5.60 Å². The molecular weight excluding hydrogens is 210 g/mol. The molecule has 2 nitrogen and oxygen atoms in total. The van der Waals surface area contributed by atoms with Gasteiger partial charge in [0.15, 0.2) is 0 Å². The predicted octanol–water partition coefficient (Wildman–Crippen LogP) is 3.10. The Bertz CT molecular complexity index is 233. The topological polar surface area (TPSA) is 32.3 Å². The van der Waals surface area contributed by atoms with E-state index in [2.05, 4.69) is 12.2 Å². The van der Waals surface area contributed by atoms with Gasteiger partial charge in [-0.3, -0.25) is 0 Å². The van der Waals surface area contributed by atoms with Crippen molar-refractivity contribution >= 4 is 0 Å². The summed E-state index contributed by atoms with van der Waals surface area (Å²) in [4.78, 5) is 0. The Morgan fingerprint density at radius 3 is 2.35 bits per heavy atom. The third-order valence-electron chi connectivity index (χ3n) is 5.38. The lowest BCUT2D eigenvalue weighted by molar-refractivity contribution is -0.0868. The summed E-state index contributed by atoms with van der Waals surface area (Å²) in [5.41, 5.74) is -0.339. The molecule has 0 aromatic carbocycles. The van der Waals surface area contributed by atoms with Gasteiger partial charge in [-0.2, -0.15) is 0 Å². The summed E-state index contributed by atoms with van der Waals surface area (Å²) < 4.78 is 0. The summed E-state index contributed by atoms with van der Waals surface area (Å²) in [7, 11) is 2.05. The van der Waals surface area contributed by atoms with Gasteiger partial charge >= 0.3 is 0 Å². The quantitative estimate of drug-likeness (QED) is 0.793. The van der Waals surface area contributed by atoms with E-state index in [1.807, 2.05) is 7.05 Å². The fourth-order valence-electron chi connectivity index (χ4n) is 4.18. The molecule has 0 bridgehead atoms. The molecule has 2 N–H and O–H groups in total. The summed E-state index contributed by atoms with van der Waals surface area (Å²) in [6, 6.07) is 0.638. The van der Waals surface area contributed by atoms with Crippen molar-refractivity contribution in [3.8, 4) is 0 Å². The van der Waals surface area contributed by atoms with E-state index in [0.29, 0.717) is 12.0 Å². The number of aliphatic hydroxyl groups is 1. The summed E-state index contributed by atoms with van der Waals surface area (Å²) in [6.45, 7) is 2.30. The van der Waals surface area contributed by atoms with E-state index >= 15 is 0 Å². The van der Waals surface area contributed by atoms with E-state index in [1.165, 1.54) is 32.1 Å². The van der Waals surface area contributed by atoms with Crippen LogP contribution in [0.2, 0.25) is 0 Å². The van der Waals surface area contributed by atoms with Gasteiger partial charge in [0.1, 0.15) is 0 Å². The first-order valence-corrected chi connectivity index (χ1v) is 7.59. The lowest BCUT2D eigenvalue weighted by Gasteiger charge is -2.46. The maximum Gasteiger partial charge on any atom is 0.0679 e. The molecule has 2 atom stereocenters. The van der Waals surface area contributed by atoms with Crippen molar-refractivity contribution in [3.63, 3.8) is 0 Å². The first-order chi connectivity index (χ1) is 8.19. The predicted molar refractivity (Wildman–Crippen MR) is 72.0 cm³/mol. The van der Waals surface area contributed by atoms with Crippen LogP contribution in [0.25, 0.3) is 0 Å². The van der Waals surface area contributed by atoms with Crippen molar-refractivity contribution in [2.24, 2.45) is 11.8 Å². The van der Waals surface area contributed by atoms with Crippen LogP contribution in [-0.2, 0) is 0 Å². The third kappa shape index (κ3) is 2.85. The van der Waals surface area contributed by atoms with Crippen LogP contribution in [0.3, 0.4) is 0 Å². The zero-order valence-electron chi connectivity index (χ0n) is 11.5. The van der Waals surface area contributed by atoms with Crippen LogP contribution in [0.5, 0.6) is 0 Å². The highest BCUT2D eigenvalue weighted by atomic mass is 16.3. The lowest BCUT2D eigenvalue weighted by Crippen LogP contribution is -2.48. The maximum absolute atomic E-state index is 11.0. The fraction of sp³-hybridized carbons (Fsp3) is 1.00. The molecule has 2 fully saturated rings. The highest BCUT2D eigenvalue weighted by Gasteiger charge is 2.43. The molecule has 100 valence electrons. The zero-order chi connectivity index (χ0) is 12.3. The monoisotopic (exact) mass is 239 g/mol. The first kappa shape index (κ1) is 13.4. The summed E-state index contributed by atoms with van der Waals surface area (Å²) in [6.07, 6.45) is 10.9. The number of rotatable bonds is 3. The summed E-state index contributed by atoms with van der Waals surface area (Å²) in [5.74, 6) is 1.36. The minimum absolute atomic E-state index is 0.339. The molecule has 0 spiro atoms. The average Bonchev–Trinajstić information content (AvgIpc) is 2.39. The van der Waals surface area contributed by atoms with Crippen LogP contribution in [0.1, 0.15) is 64.7 Å². The highest BCUT2D eigenvalue weighted by molar-refractivity contribution is 4.96. The Labute approximate surface area is 106 Å². The molecule has 2 unspecified atom stereocenters. The minimum Gasteiger partial charge on any atom is -0.390 e. The smallest absolute Gasteiger partial charge is 0.0679 e. The molecule has 0 saturated heterocycles. The van der Waals surface area contributed by atoms with Crippen molar-refractivity contribution in [1.29, 1.82) is 0 Å². The van der Waals surface area contributed by atoms with Crippen LogP contribution in [0.15, 0.2) is 0 Å². The Balaban J connectivity index is 1.99. The van der Waals surface area contributed by atoms with Crippen molar-refractivity contribution in [1.82, 2.24) is 5.32 Å². The second kappa shape index (κ2) is 5.71. The van der Waals surface area contributed by atoms with Gasteiger partial charge in [-0.25, -0.2) is 0 Å². The van der Waals surface area contributed by atoms with Gasteiger partial charge < -0.3 is 10.4 Å². The van der Waals surface area contributed by atoms with Gasteiger partial charge in [0, 0.05) is 6.04 Å². The second-order valence-corrected chi connectivity index (χ2v) is 6.23. The first-order valence-electron chi connectivity index (χ1n) is 7.59. The van der Waals surface area contributed by atoms with Crippen LogP contribution in [0, 0.1) is 11.8 Å². The molecular formula is C15H29NO. The molecule has 2 rings (SSSR count). The standard InChI is InChI=1S/C15H29NO/c1-3-12-6-4-5-7-14(12)15(17)10-8-13(16-2)9-11-15/h12-14,16-17H,3-11H2,1-2H3. The normalized spacial score (nSPS) is 43.6. The molecule has 0 aromatic heterocycles. The molecule has 2 aliphatic rings. The summed E-state index contributed by atoms with van der Waals surface area (Å²) in [5, 5.41) is 14.3. The van der Waals surface area contributed by atoms with Crippen LogP contribution >= 0.6 is 0 Å². The molecule has 0 aliphatic heterocycles. The van der Waals surface area contributed by atoms with Crippen molar-refractivity contribution < 1.29 is 5.11 Å². The van der Waals surface area contributed by atoms with Crippen LogP contribution in [-0.4, -0.2) is 23.8 Å². The van der Waals surface area contributed by atoms with Crippen molar-refractivity contribution in [2.75, 3.05) is 7.05 Å². The fourth-order valence-corrected chi connectivity index (χ4v) is 4.18. The van der Waals surface area contributed by atoms with Crippen molar-refractivity contribution in [2.45, 2.75) is 76.4 Å². The second-order valence-electron chi connectivity index (χ2n) is 6.23. The lowest BCUT2D eigenvalue weighted by atomic mass is 9.64. The number of hydrogen-bond donors (Lipinski definition) is 2. The van der Waals surface area contributed by atoms with Crippen LogP contribution < -0.4 is 5.32 Å². The Morgan fingerprint density at radius 2 is 1.76 bits per heavy atom. The molecule has 0 heterocycles. The third-order valence-corrected chi connectivity index (χ3v) is 5.38. The van der Waals surface area contributed by atoms with Crippen LogP contribution in [0.4, 0.5) is 0 Å². The molecule has 2 saturated carbocycles. The Morgan fingerprint density at radius 1 is 1.12 bits per heavy atom. The van der Waals surface area contributed by atoms with Gasteiger partial charge in [-0.1, -0.05) is 32.6 Å². The molecule has 0 aromatic rings. The maximum atomic E-state index is 11.0. The zero-order valence-corrected chi connectivity index (χ0v) is 11.5. The number of hydrogen-bond acceptors (Lipinski definition) is 2. The van der Waals surface area contributed by atoms with E-state index in [9.17, 15) is 5.11 Å². The molecule has 2 aliphatic carbocycles. The van der Waals surface area contributed by atoms with E-state index in [1.54, 1.807) is 0 Å². The number of nitrogens with one attached hydrogen (secondary N) is 1. The Kier molecular flexibility index (Phi) is 4.48. The van der Waals surface area contributed by atoms with Gasteiger partial charge in [-0.05, 0) is 51.0 Å². The largest absolute Gasteiger partial charge is 0.390 e. The van der Waals surface area contributed by atoms with E-state index in [0.717, 1.165) is 31.6 Å². The van der Waals surface area contributed by atoms with Crippen molar-refractivity contribution in [3.05, 3.63) is 0 Å².